The van der Waals surface area contributed by atoms with E-state index in [1.807, 2.05) is 4.90 Å². The van der Waals surface area contributed by atoms with Crippen molar-refractivity contribution < 1.29 is 41.7 Å². The number of carboxylic acids is 1. The molecule has 2 saturated heterocycles. The molecule has 3 N–H and O–H groups in total. The quantitative estimate of drug-likeness (QED) is 0.440. The van der Waals surface area contributed by atoms with E-state index >= 15 is 4.39 Å². The van der Waals surface area contributed by atoms with Crippen molar-refractivity contribution in [3.05, 3.63) is 34.0 Å². The van der Waals surface area contributed by atoms with E-state index in [0.717, 1.165) is 19.3 Å². The first-order valence-corrected chi connectivity index (χ1v) is 11.7. The third-order valence-electron chi connectivity index (χ3n) is 6.81. The molecule has 2 aromatic rings. The molecule has 1 aliphatic carbocycles. The zero-order valence-corrected chi connectivity index (χ0v) is 19.9. The molecule has 2 aromatic heterocycles. The maximum absolute atomic E-state index is 15.8. The van der Waals surface area contributed by atoms with E-state index in [1.54, 1.807) is 11.5 Å². The summed E-state index contributed by atoms with van der Waals surface area (Å²) in [6.07, 6.45) is 0.358. The molecule has 0 spiro atoms. The first-order chi connectivity index (χ1) is 17.4. The van der Waals surface area contributed by atoms with E-state index in [9.17, 15) is 22.8 Å². The Bertz CT molecular complexity index is 1280. The van der Waals surface area contributed by atoms with E-state index in [0.29, 0.717) is 26.2 Å². The van der Waals surface area contributed by atoms with Gasteiger partial charge in [-0.1, -0.05) is 0 Å². The standard InChI is InChI=1S/C21H25FN4O4.C2HF3O2/c1-2-29-20(28)15-9-26(13-3-4-13)17-14(18(15)27)7-24-19(16(17)22)25-8-12-5-6-30-21(12,10-23)11-25;3-2(4,5)1(6)7/h7,9,12-13H,2-6,8,10-11,23H2,1H3;(H,6,7). The maximum Gasteiger partial charge on any atom is 0.490 e. The molecule has 10 nitrogen and oxygen atoms in total. The van der Waals surface area contributed by atoms with Gasteiger partial charge < -0.3 is 29.8 Å². The lowest BCUT2D eigenvalue weighted by Crippen LogP contribution is -2.44. The van der Waals surface area contributed by atoms with Gasteiger partial charge in [0.05, 0.1) is 24.1 Å². The number of nitrogens with zero attached hydrogens (tertiary/aromatic N) is 3. The highest BCUT2D eigenvalue weighted by molar-refractivity contribution is 5.94. The first-order valence-electron chi connectivity index (χ1n) is 11.7. The van der Waals surface area contributed by atoms with Gasteiger partial charge >= 0.3 is 18.1 Å². The van der Waals surface area contributed by atoms with Crippen LogP contribution in [0.3, 0.4) is 0 Å². The van der Waals surface area contributed by atoms with Gasteiger partial charge in [0.2, 0.25) is 5.43 Å². The average Bonchev–Trinajstić information content (AvgIpc) is 3.50. The molecular formula is C23H26F4N4O6. The Kier molecular flexibility index (Phi) is 7.16. The predicted molar refractivity (Wildman–Crippen MR) is 122 cm³/mol. The molecule has 2 unspecified atom stereocenters. The number of fused-ring (bicyclic) bond motifs is 2. The summed E-state index contributed by atoms with van der Waals surface area (Å²) >= 11 is 0. The SMILES string of the molecule is CCOC(=O)c1cn(C2CC2)c2c(F)c(N3CC4CCOC4(CN)C3)ncc2c1=O.O=C(O)C(F)(F)F. The number of carbonyl (C=O) groups is 2. The summed E-state index contributed by atoms with van der Waals surface area (Å²) < 4.78 is 60.2. The predicted octanol–water partition coefficient (Wildman–Crippen LogP) is 2.23. The Hall–Kier alpha value is -3.26. The number of anilines is 1. The van der Waals surface area contributed by atoms with Crippen molar-refractivity contribution in [2.24, 2.45) is 11.7 Å². The fourth-order valence-corrected chi connectivity index (χ4v) is 4.83. The second kappa shape index (κ2) is 9.89. The second-order valence-electron chi connectivity index (χ2n) is 9.18. The first kappa shape index (κ1) is 26.8. The van der Waals surface area contributed by atoms with Crippen LogP contribution in [0, 0.1) is 11.7 Å². The molecule has 0 amide bonds. The van der Waals surface area contributed by atoms with Gasteiger partial charge in [-0.2, -0.15) is 13.2 Å². The summed E-state index contributed by atoms with van der Waals surface area (Å²) in [5.74, 6) is -3.56. The normalized spacial score (nSPS) is 23.0. The number of hydrogen-bond acceptors (Lipinski definition) is 8. The van der Waals surface area contributed by atoms with Crippen molar-refractivity contribution in [3.63, 3.8) is 0 Å². The Morgan fingerprint density at radius 2 is 2.00 bits per heavy atom. The number of halogens is 4. The molecular weight excluding hydrogens is 504 g/mol. The van der Waals surface area contributed by atoms with Crippen molar-refractivity contribution in [1.82, 2.24) is 9.55 Å². The Morgan fingerprint density at radius 3 is 2.54 bits per heavy atom. The molecule has 202 valence electrons. The fraction of sp³-hybridized carbons (Fsp3) is 0.565. The lowest BCUT2D eigenvalue weighted by molar-refractivity contribution is -0.192. The third-order valence-corrected chi connectivity index (χ3v) is 6.81. The molecule has 3 fully saturated rings. The van der Waals surface area contributed by atoms with Crippen LogP contribution in [0.5, 0.6) is 0 Å². The number of rotatable bonds is 5. The number of ether oxygens (including phenoxy) is 2. The number of pyridine rings is 2. The number of carbonyl (C=O) groups excluding carboxylic acids is 1. The molecule has 5 rings (SSSR count). The van der Waals surface area contributed by atoms with E-state index < -0.39 is 35.0 Å². The molecule has 37 heavy (non-hydrogen) atoms. The lowest BCUT2D eigenvalue weighted by Gasteiger charge is -2.26. The van der Waals surface area contributed by atoms with Gasteiger partial charge in [-0.3, -0.25) is 4.79 Å². The van der Waals surface area contributed by atoms with Crippen LogP contribution in [0.25, 0.3) is 10.9 Å². The largest absolute Gasteiger partial charge is 0.490 e. The number of carboxylic acid groups (broad SMARTS) is 1. The molecule has 0 aromatic carbocycles. The summed E-state index contributed by atoms with van der Waals surface area (Å²) in [7, 11) is 0. The van der Waals surface area contributed by atoms with Gasteiger partial charge in [0, 0.05) is 44.0 Å². The number of hydrogen-bond donors (Lipinski definition) is 2. The van der Waals surface area contributed by atoms with E-state index in [1.165, 1.54) is 12.4 Å². The highest BCUT2D eigenvalue weighted by atomic mass is 19.4. The molecule has 4 heterocycles. The summed E-state index contributed by atoms with van der Waals surface area (Å²) in [4.78, 5) is 40.2. The molecule has 2 atom stereocenters. The zero-order chi connectivity index (χ0) is 27.1. The highest BCUT2D eigenvalue weighted by Gasteiger charge is 2.51. The summed E-state index contributed by atoms with van der Waals surface area (Å²) in [6, 6.07) is 0.0581. The van der Waals surface area contributed by atoms with Gasteiger partial charge in [-0.05, 0) is 26.2 Å². The van der Waals surface area contributed by atoms with Crippen molar-refractivity contribution in [2.75, 3.05) is 37.7 Å². The molecule has 2 aliphatic heterocycles. The van der Waals surface area contributed by atoms with Crippen LogP contribution in [-0.4, -0.2) is 71.2 Å². The minimum Gasteiger partial charge on any atom is -0.475 e. The van der Waals surface area contributed by atoms with Gasteiger partial charge in [0.15, 0.2) is 11.6 Å². The zero-order valence-electron chi connectivity index (χ0n) is 19.9. The highest BCUT2D eigenvalue weighted by Crippen LogP contribution is 2.42. The number of esters is 1. The van der Waals surface area contributed by atoms with Crippen molar-refractivity contribution in [2.45, 2.75) is 44.0 Å². The van der Waals surface area contributed by atoms with Crippen LogP contribution in [0.4, 0.5) is 23.4 Å². The maximum atomic E-state index is 15.8. The Morgan fingerprint density at radius 1 is 1.32 bits per heavy atom. The lowest BCUT2D eigenvalue weighted by atomic mass is 9.91. The van der Waals surface area contributed by atoms with Gasteiger partial charge in [0.1, 0.15) is 11.2 Å². The van der Waals surface area contributed by atoms with E-state index in [4.69, 9.17) is 25.1 Å². The number of alkyl halides is 3. The van der Waals surface area contributed by atoms with E-state index in [-0.39, 0.29) is 40.9 Å². The average molecular weight is 530 g/mol. The second-order valence-corrected chi connectivity index (χ2v) is 9.18. The molecule has 0 radical (unpaired) electrons. The molecule has 3 aliphatic rings. The van der Waals surface area contributed by atoms with Crippen molar-refractivity contribution in [1.29, 1.82) is 0 Å². The Labute approximate surface area is 207 Å². The van der Waals surface area contributed by atoms with Crippen LogP contribution < -0.4 is 16.1 Å². The smallest absolute Gasteiger partial charge is 0.475 e. The minimum absolute atomic E-state index is 0.0581. The third kappa shape index (κ3) is 4.99. The van der Waals surface area contributed by atoms with Gasteiger partial charge in [-0.25, -0.2) is 19.0 Å². The Balaban J connectivity index is 0.000000405. The van der Waals surface area contributed by atoms with Gasteiger partial charge in [0.25, 0.3) is 0 Å². The van der Waals surface area contributed by atoms with Crippen molar-refractivity contribution >= 4 is 28.7 Å². The minimum atomic E-state index is -5.08. The van der Waals surface area contributed by atoms with Crippen LogP contribution in [0.2, 0.25) is 0 Å². The van der Waals surface area contributed by atoms with Crippen LogP contribution in [0.1, 0.15) is 42.6 Å². The number of nitrogens with two attached hydrogens (primary N) is 1. The van der Waals surface area contributed by atoms with E-state index in [2.05, 4.69) is 4.98 Å². The fourth-order valence-electron chi connectivity index (χ4n) is 4.83. The molecule has 1 saturated carbocycles. The number of aromatic nitrogens is 2. The number of aliphatic carboxylic acids is 1. The summed E-state index contributed by atoms with van der Waals surface area (Å²) in [5, 5.41) is 7.22. The summed E-state index contributed by atoms with van der Waals surface area (Å²) in [5.41, 5.74) is 5.07. The van der Waals surface area contributed by atoms with Crippen molar-refractivity contribution in [3.8, 4) is 0 Å². The topological polar surface area (TPSA) is 137 Å². The van der Waals surface area contributed by atoms with Crippen LogP contribution in [0.15, 0.2) is 17.2 Å². The monoisotopic (exact) mass is 530 g/mol. The summed E-state index contributed by atoms with van der Waals surface area (Å²) in [6.45, 7) is 3.96. The van der Waals surface area contributed by atoms with Crippen LogP contribution >= 0.6 is 0 Å². The van der Waals surface area contributed by atoms with Crippen LogP contribution in [-0.2, 0) is 14.3 Å². The molecule has 0 bridgehead atoms. The molecule has 14 heteroatoms. The van der Waals surface area contributed by atoms with Gasteiger partial charge in [-0.15, -0.1) is 0 Å².